The van der Waals surface area contributed by atoms with Gasteiger partial charge in [-0.2, -0.15) is 18.4 Å². The fraction of sp³-hybridized carbons (Fsp3) is 0.174. The molecule has 0 saturated heterocycles. The van der Waals surface area contributed by atoms with E-state index in [1.807, 2.05) is 0 Å². The van der Waals surface area contributed by atoms with Gasteiger partial charge in [-0.25, -0.2) is 0 Å². The topological polar surface area (TPSA) is 115 Å². The van der Waals surface area contributed by atoms with Crippen molar-refractivity contribution >= 4 is 23.1 Å². The van der Waals surface area contributed by atoms with Crippen LogP contribution in [0.15, 0.2) is 60.8 Å². The van der Waals surface area contributed by atoms with E-state index in [2.05, 4.69) is 4.98 Å². The van der Waals surface area contributed by atoms with Gasteiger partial charge in [0.1, 0.15) is 23.3 Å². The predicted octanol–water partition coefficient (Wildman–Crippen LogP) is 6.23. The summed E-state index contributed by atoms with van der Waals surface area (Å²) in [5.74, 6) is -1.47. The third kappa shape index (κ3) is 5.33. The van der Waals surface area contributed by atoms with Crippen molar-refractivity contribution in [2.75, 3.05) is 0 Å². The van der Waals surface area contributed by atoms with Crippen molar-refractivity contribution in [2.24, 2.45) is 0 Å². The average Bonchev–Trinajstić information content (AvgIpc) is 2.83. The number of nitriles is 1. The van der Waals surface area contributed by atoms with E-state index in [1.165, 1.54) is 25.3 Å². The summed E-state index contributed by atoms with van der Waals surface area (Å²) < 4.78 is 49.8. The Bertz CT molecular complexity index is 1310. The fourth-order valence-electron chi connectivity index (χ4n) is 3.06. The minimum atomic E-state index is -4.62. The number of Topliss-reactive ketones (excluding diaryl/α,β-unsaturated/α-hetero) is 1. The van der Waals surface area contributed by atoms with Gasteiger partial charge in [-0.1, -0.05) is 24.6 Å². The van der Waals surface area contributed by atoms with Crippen molar-refractivity contribution in [3.63, 3.8) is 0 Å². The van der Waals surface area contributed by atoms with Crippen molar-refractivity contribution in [1.29, 1.82) is 5.26 Å². The zero-order valence-electron chi connectivity index (χ0n) is 17.9. The molecule has 0 aliphatic heterocycles. The molecule has 8 nitrogen and oxygen atoms in total. The van der Waals surface area contributed by atoms with Gasteiger partial charge in [0.15, 0.2) is 5.78 Å². The van der Waals surface area contributed by atoms with E-state index in [1.54, 1.807) is 12.1 Å². The molecule has 0 N–H and O–H groups in total. The summed E-state index contributed by atoms with van der Waals surface area (Å²) in [6, 6.07) is 11.8. The Morgan fingerprint density at radius 2 is 1.91 bits per heavy atom. The summed E-state index contributed by atoms with van der Waals surface area (Å²) in [6.45, 7) is 1.49. The number of alkyl halides is 3. The second-order valence-electron chi connectivity index (χ2n) is 7.02. The molecule has 0 spiro atoms. The molecule has 12 heteroatoms. The molecule has 1 atom stereocenters. The molecule has 1 heterocycles. The van der Waals surface area contributed by atoms with E-state index in [0.29, 0.717) is 6.07 Å². The van der Waals surface area contributed by atoms with Crippen LogP contribution in [-0.4, -0.2) is 15.7 Å². The second kappa shape index (κ2) is 9.99. The zero-order chi connectivity index (χ0) is 25.8. The van der Waals surface area contributed by atoms with Gasteiger partial charge >= 0.3 is 11.9 Å². The highest BCUT2D eigenvalue weighted by Gasteiger charge is 2.45. The number of nitro groups is 1. The normalized spacial score (nSPS) is 12.8. The molecule has 1 aromatic heterocycles. The maximum absolute atomic E-state index is 12.9. The summed E-state index contributed by atoms with van der Waals surface area (Å²) >= 11 is 5.92. The molecule has 0 aliphatic carbocycles. The van der Waals surface area contributed by atoms with Gasteiger partial charge in [-0.15, -0.1) is 0 Å². The Labute approximate surface area is 201 Å². The van der Waals surface area contributed by atoms with Gasteiger partial charge in [0.25, 0.3) is 5.60 Å². The highest BCUT2D eigenvalue weighted by atomic mass is 35.5. The van der Waals surface area contributed by atoms with Crippen molar-refractivity contribution in [3.05, 3.63) is 87.2 Å². The van der Waals surface area contributed by atoms with Crippen LogP contribution in [0, 0.1) is 21.4 Å². The van der Waals surface area contributed by atoms with Crippen LogP contribution >= 0.6 is 11.6 Å². The number of hydrogen-bond donors (Lipinski definition) is 0. The van der Waals surface area contributed by atoms with Gasteiger partial charge in [0.05, 0.1) is 15.5 Å². The van der Waals surface area contributed by atoms with Crippen LogP contribution in [-0.2, 0) is 16.6 Å². The van der Waals surface area contributed by atoms with Crippen LogP contribution in [0.25, 0.3) is 0 Å². The first kappa shape index (κ1) is 25.5. The molecular weight excluding hydrogens is 491 g/mol. The first-order chi connectivity index (χ1) is 16.5. The lowest BCUT2D eigenvalue weighted by Crippen LogP contribution is -2.41. The van der Waals surface area contributed by atoms with Crippen LogP contribution in [0.4, 0.5) is 18.9 Å². The van der Waals surface area contributed by atoms with Gasteiger partial charge in [-0.3, -0.25) is 19.9 Å². The summed E-state index contributed by atoms with van der Waals surface area (Å²) in [5, 5.41) is 21.1. The Hall–Kier alpha value is -4.17. The molecule has 35 heavy (non-hydrogen) atoms. The number of carbonyl (C=O) groups is 1. The van der Waals surface area contributed by atoms with E-state index in [4.69, 9.17) is 21.1 Å². The molecule has 180 valence electrons. The SMILES string of the molecule is CCC(=O)C(C#N)(Oc1cc(Oc2ccc(C(F)(F)F)cc2Cl)ccc1[N+](=O)[O-])c1ccccn1. The van der Waals surface area contributed by atoms with Crippen LogP contribution in [0.3, 0.4) is 0 Å². The monoisotopic (exact) mass is 505 g/mol. The van der Waals surface area contributed by atoms with Crippen LogP contribution in [0.1, 0.15) is 24.6 Å². The van der Waals surface area contributed by atoms with Crippen LogP contribution in [0.5, 0.6) is 17.2 Å². The van der Waals surface area contributed by atoms with E-state index >= 15 is 0 Å². The molecule has 0 aliphatic rings. The van der Waals surface area contributed by atoms with E-state index in [-0.39, 0.29) is 28.6 Å². The summed E-state index contributed by atoms with van der Waals surface area (Å²) in [7, 11) is 0. The molecule has 0 radical (unpaired) electrons. The molecule has 1 unspecified atom stereocenters. The lowest BCUT2D eigenvalue weighted by atomic mass is 9.93. The first-order valence-electron chi connectivity index (χ1n) is 9.90. The highest BCUT2D eigenvalue weighted by molar-refractivity contribution is 6.32. The molecule has 0 bridgehead atoms. The lowest BCUT2D eigenvalue weighted by Gasteiger charge is -2.25. The van der Waals surface area contributed by atoms with Gasteiger partial charge in [0, 0.05) is 24.8 Å². The molecule has 3 rings (SSSR count). The number of aromatic nitrogens is 1. The number of pyridine rings is 1. The van der Waals surface area contributed by atoms with Crippen molar-refractivity contribution in [2.45, 2.75) is 25.1 Å². The first-order valence-corrected chi connectivity index (χ1v) is 10.3. The van der Waals surface area contributed by atoms with Crippen molar-refractivity contribution < 1.29 is 32.4 Å². The summed E-state index contributed by atoms with van der Waals surface area (Å²) in [4.78, 5) is 27.6. The van der Waals surface area contributed by atoms with Crippen molar-refractivity contribution in [1.82, 2.24) is 4.98 Å². The van der Waals surface area contributed by atoms with E-state index in [9.17, 15) is 33.3 Å². The van der Waals surface area contributed by atoms with Gasteiger partial charge < -0.3 is 9.47 Å². The number of halogens is 4. The molecule has 0 amide bonds. The predicted molar refractivity (Wildman–Crippen MR) is 117 cm³/mol. The molecule has 3 aromatic rings. The number of nitrogens with zero attached hydrogens (tertiary/aromatic N) is 3. The van der Waals surface area contributed by atoms with Crippen LogP contribution in [0.2, 0.25) is 5.02 Å². The minimum Gasteiger partial charge on any atom is -0.456 e. The third-order valence-corrected chi connectivity index (χ3v) is 5.07. The van der Waals surface area contributed by atoms with Gasteiger partial charge in [-0.05, 0) is 36.4 Å². The Balaban J connectivity index is 2.06. The number of carbonyl (C=O) groups excluding carboxylic acids is 1. The van der Waals surface area contributed by atoms with E-state index in [0.717, 1.165) is 30.3 Å². The Kier molecular flexibility index (Phi) is 7.26. The van der Waals surface area contributed by atoms with Crippen molar-refractivity contribution in [3.8, 4) is 23.3 Å². The largest absolute Gasteiger partial charge is 0.456 e. The molecule has 0 saturated carbocycles. The second-order valence-corrected chi connectivity index (χ2v) is 7.43. The number of benzene rings is 2. The van der Waals surface area contributed by atoms with Crippen LogP contribution < -0.4 is 9.47 Å². The number of hydrogen-bond acceptors (Lipinski definition) is 7. The Morgan fingerprint density at radius 3 is 2.46 bits per heavy atom. The highest BCUT2D eigenvalue weighted by Crippen LogP contribution is 2.40. The summed E-state index contributed by atoms with van der Waals surface area (Å²) in [6.07, 6.45) is -3.43. The maximum Gasteiger partial charge on any atom is 0.416 e. The van der Waals surface area contributed by atoms with Gasteiger partial charge in [0.2, 0.25) is 5.75 Å². The third-order valence-electron chi connectivity index (χ3n) is 4.77. The lowest BCUT2D eigenvalue weighted by molar-refractivity contribution is -0.386. The average molecular weight is 506 g/mol. The van der Waals surface area contributed by atoms with E-state index < -0.39 is 39.5 Å². The zero-order valence-corrected chi connectivity index (χ0v) is 18.6. The number of ketones is 1. The number of nitro benzene ring substituents is 1. The smallest absolute Gasteiger partial charge is 0.416 e. The molecule has 2 aromatic carbocycles. The quantitative estimate of drug-likeness (QED) is 0.263. The minimum absolute atomic E-state index is 0.0826. The number of rotatable bonds is 8. The Morgan fingerprint density at radius 1 is 1.17 bits per heavy atom. The molecular formula is C23H15ClF3N3O5. The fourth-order valence-corrected chi connectivity index (χ4v) is 3.28. The summed E-state index contributed by atoms with van der Waals surface area (Å²) in [5.41, 5.74) is -3.96. The number of ether oxygens (including phenoxy) is 2. The maximum atomic E-state index is 12.9. The standard InChI is InChI=1S/C23H15ClF3N3O5/c1-2-21(31)22(13-28,20-5-3-4-10-29-20)35-19-12-15(7-8-17(19)30(32)33)34-18-9-6-14(11-16(18)24)23(25,26)27/h3-12H,2H2,1H3. The molecule has 0 fully saturated rings.